The van der Waals surface area contributed by atoms with Crippen molar-refractivity contribution in [2.45, 2.75) is 12.8 Å². The van der Waals surface area contributed by atoms with E-state index in [2.05, 4.69) is 25.3 Å². The number of anilines is 1. The Morgan fingerprint density at radius 1 is 1.27 bits per heavy atom. The second-order valence-corrected chi connectivity index (χ2v) is 6.21. The fourth-order valence-electron chi connectivity index (χ4n) is 2.98. The summed E-state index contributed by atoms with van der Waals surface area (Å²) >= 11 is 0. The van der Waals surface area contributed by atoms with Crippen molar-refractivity contribution in [2.75, 3.05) is 31.6 Å². The minimum absolute atomic E-state index is 0.242. The fourth-order valence-corrected chi connectivity index (χ4v) is 2.98. The molecular formula is C17H22N6O3. The van der Waals surface area contributed by atoms with Crippen LogP contribution in [0.25, 0.3) is 0 Å². The van der Waals surface area contributed by atoms with Gasteiger partial charge < -0.3 is 15.0 Å². The zero-order valence-corrected chi connectivity index (χ0v) is 14.9. The summed E-state index contributed by atoms with van der Waals surface area (Å²) in [4.78, 5) is 34.2. The quantitative estimate of drug-likeness (QED) is 0.816. The number of ether oxygens (including phenoxy) is 1. The molecule has 1 N–H and O–H groups in total. The van der Waals surface area contributed by atoms with Crippen LogP contribution >= 0.6 is 0 Å². The Morgan fingerprint density at radius 3 is 2.69 bits per heavy atom. The van der Waals surface area contributed by atoms with Crippen molar-refractivity contribution < 1.29 is 9.53 Å². The summed E-state index contributed by atoms with van der Waals surface area (Å²) in [5.41, 5.74) is 0.00203. The lowest BCUT2D eigenvalue weighted by atomic mass is 9.97. The van der Waals surface area contributed by atoms with Gasteiger partial charge in [-0.3, -0.25) is 9.59 Å². The summed E-state index contributed by atoms with van der Waals surface area (Å²) in [6.45, 7) is 2.23. The number of nitrogens with one attached hydrogen (secondary N) is 1. The van der Waals surface area contributed by atoms with Crippen LogP contribution in [0.3, 0.4) is 0 Å². The molecule has 0 aromatic carbocycles. The standard InChI is InChI=1S/C17H22N6O3/c1-22-14(24)4-3-13(21-22)16(25)20-11-12-5-9-23(10-6-12)15-17(26-2)19-8-7-18-15/h3-4,7-8,12H,5-6,9-11H2,1-2H3,(H,20,25). The third-order valence-corrected chi connectivity index (χ3v) is 4.50. The van der Waals surface area contributed by atoms with Crippen LogP contribution in [0.15, 0.2) is 29.3 Å². The lowest BCUT2D eigenvalue weighted by Gasteiger charge is -2.33. The number of hydrogen-bond acceptors (Lipinski definition) is 7. The van der Waals surface area contributed by atoms with E-state index in [9.17, 15) is 9.59 Å². The molecule has 1 aliphatic rings. The van der Waals surface area contributed by atoms with E-state index in [1.165, 1.54) is 19.2 Å². The van der Waals surface area contributed by atoms with Gasteiger partial charge >= 0.3 is 0 Å². The van der Waals surface area contributed by atoms with E-state index in [4.69, 9.17) is 4.74 Å². The largest absolute Gasteiger partial charge is 0.478 e. The molecule has 3 rings (SSSR count). The molecule has 0 spiro atoms. The highest BCUT2D eigenvalue weighted by Crippen LogP contribution is 2.27. The second-order valence-electron chi connectivity index (χ2n) is 6.21. The first-order chi connectivity index (χ1) is 12.6. The van der Waals surface area contributed by atoms with Crippen LogP contribution in [0.4, 0.5) is 5.82 Å². The van der Waals surface area contributed by atoms with Gasteiger partial charge in [0.15, 0.2) is 5.82 Å². The minimum atomic E-state index is -0.265. The summed E-state index contributed by atoms with van der Waals surface area (Å²) in [6, 6.07) is 2.79. The van der Waals surface area contributed by atoms with E-state index in [-0.39, 0.29) is 17.2 Å². The molecule has 26 heavy (non-hydrogen) atoms. The molecule has 1 saturated heterocycles. The first-order valence-corrected chi connectivity index (χ1v) is 8.51. The minimum Gasteiger partial charge on any atom is -0.478 e. The Morgan fingerprint density at radius 2 is 2.00 bits per heavy atom. The van der Waals surface area contributed by atoms with Crippen LogP contribution < -0.4 is 20.5 Å². The van der Waals surface area contributed by atoms with Gasteiger partial charge in [-0.2, -0.15) is 5.10 Å². The molecule has 3 heterocycles. The number of methoxy groups -OCH3 is 1. The molecule has 138 valence electrons. The fraction of sp³-hybridized carbons (Fsp3) is 0.471. The Hall–Kier alpha value is -2.97. The third kappa shape index (κ3) is 3.98. The van der Waals surface area contributed by atoms with E-state index in [1.54, 1.807) is 19.5 Å². The second kappa shape index (κ2) is 7.94. The van der Waals surface area contributed by atoms with Crippen LogP contribution in [0.1, 0.15) is 23.3 Å². The molecule has 0 radical (unpaired) electrons. The van der Waals surface area contributed by atoms with Gasteiger partial charge in [0.25, 0.3) is 17.3 Å². The predicted molar refractivity (Wildman–Crippen MR) is 95.3 cm³/mol. The molecule has 0 unspecified atom stereocenters. The first kappa shape index (κ1) is 17.8. The normalized spacial score (nSPS) is 14.9. The van der Waals surface area contributed by atoms with E-state index in [0.29, 0.717) is 18.3 Å². The molecular weight excluding hydrogens is 336 g/mol. The number of amides is 1. The number of piperidine rings is 1. The molecule has 0 aliphatic carbocycles. The van der Waals surface area contributed by atoms with Crippen molar-refractivity contribution in [1.82, 2.24) is 25.1 Å². The summed E-state index contributed by atoms with van der Waals surface area (Å²) in [7, 11) is 3.11. The summed E-state index contributed by atoms with van der Waals surface area (Å²) in [5.74, 6) is 1.40. The average molecular weight is 358 g/mol. The third-order valence-electron chi connectivity index (χ3n) is 4.50. The van der Waals surface area contributed by atoms with Crippen molar-refractivity contribution in [2.24, 2.45) is 13.0 Å². The van der Waals surface area contributed by atoms with E-state index in [0.717, 1.165) is 36.4 Å². The van der Waals surface area contributed by atoms with Gasteiger partial charge in [0.1, 0.15) is 5.69 Å². The van der Waals surface area contributed by atoms with Gasteiger partial charge in [0, 0.05) is 45.1 Å². The number of hydrogen-bond donors (Lipinski definition) is 1. The van der Waals surface area contributed by atoms with Crippen LogP contribution in [-0.2, 0) is 7.05 Å². The van der Waals surface area contributed by atoms with E-state index in [1.807, 2.05) is 0 Å². The van der Waals surface area contributed by atoms with Crippen molar-refractivity contribution >= 4 is 11.7 Å². The van der Waals surface area contributed by atoms with Crippen LogP contribution in [0, 0.1) is 5.92 Å². The van der Waals surface area contributed by atoms with E-state index >= 15 is 0 Å². The molecule has 9 heteroatoms. The lowest BCUT2D eigenvalue weighted by Crippen LogP contribution is -2.39. The van der Waals surface area contributed by atoms with Gasteiger partial charge in [0.2, 0.25) is 0 Å². The lowest BCUT2D eigenvalue weighted by molar-refractivity contribution is 0.0937. The maximum atomic E-state index is 12.2. The molecule has 0 saturated carbocycles. The monoisotopic (exact) mass is 358 g/mol. The number of rotatable bonds is 5. The summed E-state index contributed by atoms with van der Waals surface area (Å²) in [6.07, 6.45) is 5.13. The van der Waals surface area contributed by atoms with Gasteiger partial charge in [-0.25, -0.2) is 14.6 Å². The number of carbonyl (C=O) groups is 1. The maximum Gasteiger partial charge on any atom is 0.271 e. The molecule has 0 bridgehead atoms. The zero-order chi connectivity index (χ0) is 18.5. The molecule has 9 nitrogen and oxygen atoms in total. The summed E-state index contributed by atoms with van der Waals surface area (Å²) < 4.78 is 6.42. The molecule has 2 aromatic rings. The highest BCUT2D eigenvalue weighted by molar-refractivity contribution is 5.91. The number of nitrogens with zero attached hydrogens (tertiary/aromatic N) is 5. The molecule has 1 aliphatic heterocycles. The van der Waals surface area contributed by atoms with Crippen molar-refractivity contribution in [3.63, 3.8) is 0 Å². The predicted octanol–water partition coefficient (Wildman–Crippen LogP) is 0.225. The van der Waals surface area contributed by atoms with Crippen LogP contribution in [0.5, 0.6) is 5.88 Å². The number of aromatic nitrogens is 4. The van der Waals surface area contributed by atoms with Crippen LogP contribution in [-0.4, -0.2) is 52.4 Å². The maximum absolute atomic E-state index is 12.2. The molecule has 1 fully saturated rings. The Balaban J connectivity index is 1.52. The van der Waals surface area contributed by atoms with Crippen molar-refractivity contribution in [1.29, 1.82) is 0 Å². The molecule has 1 amide bonds. The van der Waals surface area contributed by atoms with Crippen molar-refractivity contribution in [3.8, 4) is 5.88 Å². The Bertz CT molecular complexity index is 829. The van der Waals surface area contributed by atoms with Gasteiger partial charge in [-0.05, 0) is 24.8 Å². The van der Waals surface area contributed by atoms with Crippen LogP contribution in [0.2, 0.25) is 0 Å². The first-order valence-electron chi connectivity index (χ1n) is 8.51. The molecule has 2 aromatic heterocycles. The SMILES string of the molecule is COc1nccnc1N1CCC(CNC(=O)c2ccc(=O)n(C)n2)CC1. The Kier molecular flexibility index (Phi) is 5.45. The van der Waals surface area contributed by atoms with Gasteiger partial charge in [-0.1, -0.05) is 0 Å². The van der Waals surface area contributed by atoms with Gasteiger partial charge in [0.05, 0.1) is 7.11 Å². The number of aryl methyl sites for hydroxylation is 1. The van der Waals surface area contributed by atoms with Gasteiger partial charge in [-0.15, -0.1) is 0 Å². The highest BCUT2D eigenvalue weighted by Gasteiger charge is 2.23. The highest BCUT2D eigenvalue weighted by atomic mass is 16.5. The Labute approximate surface area is 151 Å². The topological polar surface area (TPSA) is 102 Å². The van der Waals surface area contributed by atoms with E-state index < -0.39 is 0 Å². The average Bonchev–Trinajstić information content (AvgIpc) is 2.68. The summed E-state index contributed by atoms with van der Waals surface area (Å²) in [5, 5.41) is 6.87. The van der Waals surface area contributed by atoms with Crippen molar-refractivity contribution in [3.05, 3.63) is 40.6 Å². The smallest absolute Gasteiger partial charge is 0.271 e. The zero-order valence-electron chi connectivity index (χ0n) is 14.9. The number of carbonyl (C=O) groups excluding carboxylic acids is 1. The molecule has 0 atom stereocenters.